The van der Waals surface area contributed by atoms with Gasteiger partial charge < -0.3 is 9.84 Å². The van der Waals surface area contributed by atoms with Gasteiger partial charge in [0.15, 0.2) is 6.29 Å². The number of thioether (sulfide) groups is 1. The zero-order valence-corrected chi connectivity index (χ0v) is 9.22. The van der Waals surface area contributed by atoms with Gasteiger partial charge in [-0.15, -0.1) is 0 Å². The fraction of sp³-hybridized carbons (Fsp3) is 0.700. The average molecular weight is 203 g/mol. The normalized spacial score (nSPS) is 14.2. The van der Waals surface area contributed by atoms with Crippen LogP contribution in [0.5, 0.6) is 0 Å². The fourth-order valence-corrected chi connectivity index (χ4v) is 1.74. The second-order valence-electron chi connectivity index (χ2n) is 2.71. The Hall–Kier alpha value is 0.01000. The highest BCUT2D eigenvalue weighted by Gasteiger charge is 2.01. The minimum Gasteiger partial charge on any atom is -0.365 e. The van der Waals surface area contributed by atoms with Crippen LogP contribution >= 0.6 is 11.8 Å². The van der Waals surface area contributed by atoms with E-state index in [0.29, 0.717) is 5.25 Å². The summed E-state index contributed by atoms with van der Waals surface area (Å²) < 4.78 is 4.66. The molecule has 0 aromatic rings. The maximum absolute atomic E-state index is 9.01. The summed E-state index contributed by atoms with van der Waals surface area (Å²) in [6.45, 7) is 6.03. The van der Waals surface area contributed by atoms with E-state index in [1.165, 1.54) is 7.11 Å². The zero-order valence-electron chi connectivity index (χ0n) is 8.40. The molecule has 0 rings (SSSR count). The summed E-state index contributed by atoms with van der Waals surface area (Å²) in [7, 11) is 1.48. The van der Waals surface area contributed by atoms with Crippen LogP contribution in [0.2, 0.25) is 0 Å². The molecule has 2 unspecified atom stereocenters. The van der Waals surface area contributed by atoms with Gasteiger partial charge in [0, 0.05) is 18.1 Å². The molecule has 0 aliphatic rings. The zero-order chi connectivity index (χ0) is 10.1. The first-order chi connectivity index (χ1) is 6.24. The molecule has 0 saturated heterocycles. The number of rotatable bonds is 7. The summed E-state index contributed by atoms with van der Waals surface area (Å²) >= 11 is 1.86. The number of ether oxygens (including phenoxy) is 1. The summed E-state index contributed by atoms with van der Waals surface area (Å²) in [6, 6.07) is 0. The molecule has 2 atom stereocenters. The van der Waals surface area contributed by atoms with Crippen molar-refractivity contribution in [3.8, 4) is 0 Å². The van der Waals surface area contributed by atoms with E-state index in [1.807, 2.05) is 17.8 Å². The lowest BCUT2D eigenvalue weighted by Crippen LogP contribution is -2.04. The molecular formula is C10H19O2S. The quantitative estimate of drug-likeness (QED) is 0.508. The molecule has 0 fully saturated rings. The van der Waals surface area contributed by atoms with Gasteiger partial charge >= 0.3 is 0 Å². The molecule has 0 aromatic carbocycles. The molecule has 0 aromatic heterocycles. The molecule has 1 radical (unpaired) electrons. The van der Waals surface area contributed by atoms with Crippen molar-refractivity contribution in [2.75, 3.05) is 12.9 Å². The van der Waals surface area contributed by atoms with E-state index in [4.69, 9.17) is 5.11 Å². The Morgan fingerprint density at radius 1 is 1.62 bits per heavy atom. The second kappa shape index (κ2) is 8.60. The van der Waals surface area contributed by atoms with Gasteiger partial charge in [-0.1, -0.05) is 19.9 Å². The van der Waals surface area contributed by atoms with Crippen molar-refractivity contribution in [2.45, 2.75) is 31.3 Å². The maximum Gasteiger partial charge on any atom is 0.173 e. The summed E-state index contributed by atoms with van der Waals surface area (Å²) in [6.07, 6.45) is 4.93. The molecule has 0 spiro atoms. The van der Waals surface area contributed by atoms with Gasteiger partial charge in [-0.25, -0.2) is 0 Å². The van der Waals surface area contributed by atoms with Crippen molar-refractivity contribution in [3.05, 3.63) is 19.1 Å². The summed E-state index contributed by atoms with van der Waals surface area (Å²) in [5, 5.41) is 9.64. The molecule has 0 amide bonds. The van der Waals surface area contributed by atoms with Crippen molar-refractivity contribution in [2.24, 2.45) is 0 Å². The number of aliphatic hydroxyl groups excluding tert-OH is 1. The third kappa shape index (κ3) is 7.11. The molecule has 0 heterocycles. The van der Waals surface area contributed by atoms with E-state index in [2.05, 4.69) is 18.6 Å². The van der Waals surface area contributed by atoms with Crippen molar-refractivity contribution in [3.63, 3.8) is 0 Å². The Labute approximate surface area is 85.4 Å². The largest absolute Gasteiger partial charge is 0.365 e. The Morgan fingerprint density at radius 2 is 2.31 bits per heavy atom. The predicted molar refractivity (Wildman–Crippen MR) is 58.7 cm³/mol. The minimum absolute atomic E-state index is 0.629. The Bertz CT molecular complexity index is 133. The van der Waals surface area contributed by atoms with Crippen LogP contribution in [0.1, 0.15) is 19.8 Å². The highest BCUT2D eigenvalue weighted by molar-refractivity contribution is 8.00. The lowest BCUT2D eigenvalue weighted by Gasteiger charge is -2.09. The smallest absolute Gasteiger partial charge is 0.173 e. The molecule has 3 heteroatoms. The van der Waals surface area contributed by atoms with Crippen LogP contribution in [0, 0.1) is 6.92 Å². The number of aliphatic hydroxyl groups is 1. The number of hydrogen-bond donors (Lipinski definition) is 1. The third-order valence-electron chi connectivity index (χ3n) is 1.75. The van der Waals surface area contributed by atoms with Crippen LogP contribution in [0.15, 0.2) is 12.2 Å². The van der Waals surface area contributed by atoms with E-state index >= 15 is 0 Å². The van der Waals surface area contributed by atoms with Gasteiger partial charge in [0.25, 0.3) is 0 Å². The third-order valence-corrected chi connectivity index (χ3v) is 3.17. The van der Waals surface area contributed by atoms with Crippen molar-refractivity contribution in [1.82, 2.24) is 0 Å². The molecule has 0 aliphatic carbocycles. The van der Waals surface area contributed by atoms with Gasteiger partial charge in [0.1, 0.15) is 0 Å². The first-order valence-corrected chi connectivity index (χ1v) is 5.57. The van der Waals surface area contributed by atoms with Crippen LogP contribution in [0.25, 0.3) is 0 Å². The predicted octanol–water partition coefficient (Wildman–Crippen LogP) is 2.24. The molecule has 0 aliphatic heterocycles. The molecule has 77 valence electrons. The van der Waals surface area contributed by atoms with Crippen molar-refractivity contribution >= 4 is 11.8 Å². The first-order valence-electron chi connectivity index (χ1n) is 4.53. The highest BCUT2D eigenvalue weighted by atomic mass is 32.2. The maximum atomic E-state index is 9.01. The average Bonchev–Trinajstić information content (AvgIpc) is 2.18. The van der Waals surface area contributed by atoms with Gasteiger partial charge in [-0.2, -0.15) is 11.8 Å². The monoisotopic (exact) mass is 203 g/mol. The van der Waals surface area contributed by atoms with Crippen LogP contribution in [-0.2, 0) is 4.74 Å². The Kier molecular flexibility index (Phi) is 8.61. The van der Waals surface area contributed by atoms with Crippen molar-refractivity contribution < 1.29 is 9.84 Å². The summed E-state index contributed by atoms with van der Waals surface area (Å²) in [4.78, 5) is 0. The lowest BCUT2D eigenvalue weighted by molar-refractivity contribution is -0.0357. The van der Waals surface area contributed by atoms with Crippen LogP contribution < -0.4 is 0 Å². The number of hydrogen-bond acceptors (Lipinski definition) is 3. The highest BCUT2D eigenvalue weighted by Crippen LogP contribution is 2.17. The number of methoxy groups -OCH3 is 1. The summed E-state index contributed by atoms with van der Waals surface area (Å²) in [5.41, 5.74) is 0. The molecule has 0 bridgehead atoms. The standard InChI is InChI=1S/C10H19O2S/c1-4-9(5-2)13-8-6-7-10(11)12-3/h6-7,9-11H,1,4-5,8H2,2-3H3. The second-order valence-corrected chi connectivity index (χ2v) is 4.04. The van der Waals surface area contributed by atoms with E-state index < -0.39 is 6.29 Å². The first kappa shape index (κ1) is 13.0. The Balaban J connectivity index is 3.47. The lowest BCUT2D eigenvalue weighted by atomic mass is 10.3. The van der Waals surface area contributed by atoms with Crippen LogP contribution in [0.3, 0.4) is 0 Å². The molecular weight excluding hydrogens is 184 g/mol. The molecule has 2 nitrogen and oxygen atoms in total. The van der Waals surface area contributed by atoms with Crippen LogP contribution in [-0.4, -0.2) is 29.5 Å². The fourth-order valence-electron chi connectivity index (χ4n) is 0.847. The Morgan fingerprint density at radius 3 is 2.77 bits per heavy atom. The van der Waals surface area contributed by atoms with E-state index in [-0.39, 0.29) is 0 Å². The SMILES string of the molecule is [CH2]CC(CC)SCC=CC(O)OC. The molecule has 1 N–H and O–H groups in total. The van der Waals surface area contributed by atoms with Gasteiger partial charge in [0.05, 0.1) is 0 Å². The van der Waals surface area contributed by atoms with E-state index in [9.17, 15) is 0 Å². The minimum atomic E-state index is -0.763. The van der Waals surface area contributed by atoms with E-state index in [1.54, 1.807) is 6.08 Å². The van der Waals surface area contributed by atoms with E-state index in [0.717, 1.165) is 18.6 Å². The van der Waals surface area contributed by atoms with Crippen LogP contribution in [0.4, 0.5) is 0 Å². The molecule has 0 saturated carbocycles. The topological polar surface area (TPSA) is 29.5 Å². The van der Waals surface area contributed by atoms with Gasteiger partial charge in [-0.3, -0.25) is 0 Å². The molecule has 13 heavy (non-hydrogen) atoms. The van der Waals surface area contributed by atoms with Gasteiger partial charge in [-0.05, 0) is 18.9 Å². The van der Waals surface area contributed by atoms with Crippen molar-refractivity contribution in [1.29, 1.82) is 0 Å². The van der Waals surface area contributed by atoms with Gasteiger partial charge in [0.2, 0.25) is 0 Å². The summed E-state index contributed by atoms with van der Waals surface area (Å²) in [5.74, 6) is 0.911.